The molecule has 3 heteroatoms. The van der Waals surface area contributed by atoms with Crippen molar-refractivity contribution in [3.8, 4) is 5.75 Å². The van der Waals surface area contributed by atoms with Gasteiger partial charge in [-0.15, -0.1) is 0 Å². The van der Waals surface area contributed by atoms with Crippen molar-refractivity contribution in [3.63, 3.8) is 0 Å². The maximum Gasteiger partial charge on any atom is 0.121 e. The van der Waals surface area contributed by atoms with Gasteiger partial charge in [-0.25, -0.2) is 0 Å². The van der Waals surface area contributed by atoms with Gasteiger partial charge in [0.1, 0.15) is 5.75 Å². The highest BCUT2D eigenvalue weighted by Gasteiger charge is 2.01. The number of aromatic hydroxyl groups is 1. The maximum absolute atomic E-state index is 9.53. The molecule has 0 amide bonds. The first-order valence-electron chi connectivity index (χ1n) is 4.30. The second kappa shape index (κ2) is 4.63. The van der Waals surface area contributed by atoms with Crippen LogP contribution < -0.4 is 5.32 Å². The minimum absolute atomic E-state index is 0.336. The predicted molar refractivity (Wildman–Crippen MR) is 57.8 cm³/mol. The Bertz CT molecular complexity index is 286. The van der Waals surface area contributed by atoms with E-state index in [1.165, 1.54) is 0 Å². The number of hydrogen-bond acceptors (Lipinski definition) is 2. The molecule has 0 atom stereocenters. The highest BCUT2D eigenvalue weighted by atomic mass is 79.9. The zero-order valence-electron chi connectivity index (χ0n) is 7.84. The van der Waals surface area contributed by atoms with Crippen molar-refractivity contribution in [1.82, 2.24) is 5.32 Å². The average Bonchev–Trinajstić information content (AvgIpc) is 2.02. The number of hydrogen-bond donors (Lipinski definition) is 2. The second-order valence-corrected chi connectivity index (χ2v) is 4.22. The predicted octanol–water partition coefficient (Wildman–Crippen LogP) is 2.65. The normalized spacial score (nSPS) is 10.8. The number of phenolic OH excluding ortho intramolecular Hbond substituents is 1. The summed E-state index contributed by atoms with van der Waals surface area (Å²) in [5, 5.41) is 12.8. The summed E-state index contributed by atoms with van der Waals surface area (Å²) < 4.78 is 0.901. The van der Waals surface area contributed by atoms with E-state index in [0.717, 1.165) is 10.0 Å². The molecule has 13 heavy (non-hydrogen) atoms. The SMILES string of the molecule is CC(C)NCc1ccc(Br)cc1O. The Morgan fingerprint density at radius 3 is 2.69 bits per heavy atom. The van der Waals surface area contributed by atoms with Gasteiger partial charge in [0.05, 0.1) is 0 Å². The lowest BCUT2D eigenvalue weighted by Gasteiger charge is -2.09. The van der Waals surface area contributed by atoms with Crippen molar-refractivity contribution in [2.75, 3.05) is 0 Å². The average molecular weight is 244 g/mol. The van der Waals surface area contributed by atoms with Gasteiger partial charge in [-0.1, -0.05) is 35.8 Å². The van der Waals surface area contributed by atoms with E-state index < -0.39 is 0 Å². The van der Waals surface area contributed by atoms with Gasteiger partial charge in [0.2, 0.25) is 0 Å². The third-order valence-electron chi connectivity index (χ3n) is 1.75. The van der Waals surface area contributed by atoms with Crippen LogP contribution in [0.3, 0.4) is 0 Å². The highest BCUT2D eigenvalue weighted by molar-refractivity contribution is 9.10. The van der Waals surface area contributed by atoms with E-state index in [4.69, 9.17) is 0 Å². The van der Waals surface area contributed by atoms with Gasteiger partial charge in [0.25, 0.3) is 0 Å². The summed E-state index contributed by atoms with van der Waals surface area (Å²) in [4.78, 5) is 0. The van der Waals surface area contributed by atoms with Crippen LogP contribution in [0.1, 0.15) is 19.4 Å². The molecule has 2 nitrogen and oxygen atoms in total. The summed E-state index contributed by atoms with van der Waals surface area (Å²) in [5.41, 5.74) is 0.928. The van der Waals surface area contributed by atoms with E-state index in [2.05, 4.69) is 35.1 Å². The summed E-state index contributed by atoms with van der Waals surface area (Å²) in [5.74, 6) is 0.336. The van der Waals surface area contributed by atoms with E-state index in [0.29, 0.717) is 18.3 Å². The van der Waals surface area contributed by atoms with Gasteiger partial charge in [-0.3, -0.25) is 0 Å². The topological polar surface area (TPSA) is 32.3 Å². The van der Waals surface area contributed by atoms with Crippen LogP contribution in [0.15, 0.2) is 22.7 Å². The van der Waals surface area contributed by atoms with Crippen molar-refractivity contribution in [3.05, 3.63) is 28.2 Å². The van der Waals surface area contributed by atoms with Gasteiger partial charge in [-0.2, -0.15) is 0 Å². The number of nitrogens with one attached hydrogen (secondary N) is 1. The van der Waals surface area contributed by atoms with Crippen molar-refractivity contribution in [1.29, 1.82) is 0 Å². The lowest BCUT2D eigenvalue weighted by molar-refractivity contribution is 0.461. The first-order chi connectivity index (χ1) is 6.09. The Hall–Kier alpha value is -0.540. The molecular formula is C10H14BrNO. The zero-order valence-corrected chi connectivity index (χ0v) is 9.43. The van der Waals surface area contributed by atoms with Gasteiger partial charge >= 0.3 is 0 Å². The van der Waals surface area contributed by atoms with Gasteiger partial charge in [0.15, 0.2) is 0 Å². The molecular weight excluding hydrogens is 230 g/mol. The first-order valence-corrected chi connectivity index (χ1v) is 5.09. The quantitative estimate of drug-likeness (QED) is 0.856. The lowest BCUT2D eigenvalue weighted by atomic mass is 10.2. The smallest absolute Gasteiger partial charge is 0.121 e. The van der Waals surface area contributed by atoms with Crippen LogP contribution in [0.25, 0.3) is 0 Å². The van der Waals surface area contributed by atoms with Crippen molar-refractivity contribution in [2.45, 2.75) is 26.4 Å². The maximum atomic E-state index is 9.53. The van der Waals surface area contributed by atoms with Crippen LogP contribution in [0.2, 0.25) is 0 Å². The summed E-state index contributed by atoms with van der Waals surface area (Å²) in [6.45, 7) is 4.86. The molecule has 1 rings (SSSR count). The zero-order chi connectivity index (χ0) is 9.84. The van der Waals surface area contributed by atoms with Crippen molar-refractivity contribution < 1.29 is 5.11 Å². The Balaban J connectivity index is 2.67. The van der Waals surface area contributed by atoms with Crippen LogP contribution in [0, 0.1) is 0 Å². The molecule has 0 aliphatic carbocycles. The number of rotatable bonds is 3. The van der Waals surface area contributed by atoms with E-state index >= 15 is 0 Å². The van der Waals surface area contributed by atoms with Crippen LogP contribution in [0.5, 0.6) is 5.75 Å². The van der Waals surface area contributed by atoms with Gasteiger partial charge in [0, 0.05) is 22.6 Å². The highest BCUT2D eigenvalue weighted by Crippen LogP contribution is 2.21. The van der Waals surface area contributed by atoms with E-state index in [1.807, 2.05) is 12.1 Å². The molecule has 0 unspecified atom stereocenters. The summed E-state index contributed by atoms with van der Waals surface area (Å²) >= 11 is 3.30. The molecule has 1 aromatic carbocycles. The standard InChI is InChI=1S/C10H14BrNO/c1-7(2)12-6-8-3-4-9(11)5-10(8)13/h3-5,7,12-13H,6H2,1-2H3. The van der Waals surface area contributed by atoms with E-state index in [-0.39, 0.29) is 0 Å². The number of benzene rings is 1. The second-order valence-electron chi connectivity index (χ2n) is 3.31. The fourth-order valence-electron chi connectivity index (χ4n) is 1.00. The number of halogens is 1. The van der Waals surface area contributed by atoms with Crippen molar-refractivity contribution >= 4 is 15.9 Å². The van der Waals surface area contributed by atoms with Crippen LogP contribution in [-0.4, -0.2) is 11.1 Å². The van der Waals surface area contributed by atoms with E-state index in [9.17, 15) is 5.11 Å². The molecule has 0 aliphatic heterocycles. The molecule has 0 spiro atoms. The molecule has 0 aliphatic rings. The first kappa shape index (κ1) is 10.5. The molecule has 0 saturated carbocycles. The summed E-state index contributed by atoms with van der Waals surface area (Å²) in [6, 6.07) is 5.98. The number of phenols is 1. The van der Waals surface area contributed by atoms with Gasteiger partial charge < -0.3 is 10.4 Å². The Labute approximate surface area is 87.1 Å². The Morgan fingerprint density at radius 1 is 1.46 bits per heavy atom. The molecule has 2 N–H and O–H groups in total. The summed E-state index contributed by atoms with van der Waals surface area (Å²) in [6.07, 6.45) is 0. The third kappa shape index (κ3) is 3.36. The minimum Gasteiger partial charge on any atom is -0.508 e. The molecule has 72 valence electrons. The fraction of sp³-hybridized carbons (Fsp3) is 0.400. The molecule has 0 heterocycles. The Morgan fingerprint density at radius 2 is 2.15 bits per heavy atom. The largest absolute Gasteiger partial charge is 0.508 e. The summed E-state index contributed by atoms with van der Waals surface area (Å²) in [7, 11) is 0. The van der Waals surface area contributed by atoms with Crippen LogP contribution in [0.4, 0.5) is 0 Å². The van der Waals surface area contributed by atoms with Gasteiger partial charge in [-0.05, 0) is 12.1 Å². The molecule has 0 saturated heterocycles. The molecule has 0 radical (unpaired) electrons. The molecule has 0 aromatic heterocycles. The lowest BCUT2D eigenvalue weighted by Crippen LogP contribution is -2.21. The fourth-order valence-corrected chi connectivity index (χ4v) is 1.35. The Kier molecular flexibility index (Phi) is 3.75. The van der Waals surface area contributed by atoms with Crippen LogP contribution in [-0.2, 0) is 6.54 Å². The molecule has 1 aromatic rings. The molecule has 0 fully saturated rings. The van der Waals surface area contributed by atoms with E-state index in [1.54, 1.807) is 6.07 Å². The third-order valence-corrected chi connectivity index (χ3v) is 2.24. The monoisotopic (exact) mass is 243 g/mol. The molecule has 0 bridgehead atoms. The minimum atomic E-state index is 0.336. The van der Waals surface area contributed by atoms with Crippen LogP contribution >= 0.6 is 15.9 Å². The van der Waals surface area contributed by atoms with Crippen molar-refractivity contribution in [2.24, 2.45) is 0 Å².